The Morgan fingerprint density at radius 1 is 1.21 bits per heavy atom. The Balaban J connectivity index is 2.32. The molecule has 4 N–H and O–H groups in total. The van der Waals surface area contributed by atoms with Crippen molar-refractivity contribution in [3.8, 4) is 0 Å². The van der Waals surface area contributed by atoms with Crippen LogP contribution in [0.15, 0.2) is 35.1 Å². The molecule has 1 heterocycles. The summed E-state index contributed by atoms with van der Waals surface area (Å²) in [7, 11) is 0. The molecule has 1 aromatic carbocycles. The lowest BCUT2D eigenvalue weighted by Crippen LogP contribution is -2.19. The molecule has 5 heteroatoms. The topological polar surface area (TPSA) is 88.0 Å². The van der Waals surface area contributed by atoms with E-state index >= 15 is 0 Å². The number of amides is 1. The lowest BCUT2D eigenvalue weighted by Gasteiger charge is -2.12. The molecule has 2 aromatic rings. The third kappa shape index (κ3) is 2.82. The molecule has 0 bridgehead atoms. The molecule has 0 aliphatic carbocycles. The van der Waals surface area contributed by atoms with Crippen molar-refractivity contribution in [1.29, 1.82) is 0 Å². The lowest BCUT2D eigenvalue weighted by molar-refractivity contribution is 0.102. The van der Waals surface area contributed by atoms with Crippen molar-refractivity contribution >= 4 is 17.3 Å². The number of hydrogen-bond donors (Lipinski definition) is 3. The second-order valence-electron chi connectivity index (χ2n) is 4.41. The van der Waals surface area contributed by atoms with Crippen LogP contribution < -0.4 is 16.6 Å². The molecule has 0 unspecified atom stereocenters. The standard InChI is InChI=1S/C14H15N3O2/c1-8-6-10(15)7-9(2)13(8)17-14(19)11-4-3-5-12(18)16-11/h3-7H,15H2,1-2H3,(H,16,18)(H,17,19). The quantitative estimate of drug-likeness (QED) is 0.717. The van der Waals surface area contributed by atoms with E-state index in [1.165, 1.54) is 12.1 Å². The van der Waals surface area contributed by atoms with Gasteiger partial charge in [0.05, 0.1) is 0 Å². The number of aromatic amines is 1. The molecular weight excluding hydrogens is 242 g/mol. The van der Waals surface area contributed by atoms with Gasteiger partial charge in [-0.1, -0.05) is 6.07 Å². The molecule has 0 saturated heterocycles. The Bertz CT molecular complexity index is 666. The zero-order chi connectivity index (χ0) is 14.0. The maximum atomic E-state index is 12.0. The molecule has 1 aromatic heterocycles. The van der Waals surface area contributed by atoms with Crippen LogP contribution in [0.25, 0.3) is 0 Å². The van der Waals surface area contributed by atoms with Gasteiger partial charge in [-0.3, -0.25) is 9.59 Å². The molecular formula is C14H15N3O2. The number of nitrogens with one attached hydrogen (secondary N) is 2. The number of benzene rings is 1. The van der Waals surface area contributed by atoms with Crippen molar-refractivity contribution < 1.29 is 4.79 Å². The molecule has 19 heavy (non-hydrogen) atoms. The highest BCUT2D eigenvalue weighted by Crippen LogP contribution is 2.23. The van der Waals surface area contributed by atoms with Crippen LogP contribution in [-0.4, -0.2) is 10.9 Å². The first-order chi connectivity index (χ1) is 8.97. The number of nitrogen functional groups attached to an aromatic ring is 1. The second kappa shape index (κ2) is 4.97. The Kier molecular flexibility index (Phi) is 3.37. The van der Waals surface area contributed by atoms with Gasteiger partial charge in [-0.2, -0.15) is 0 Å². The highest BCUT2D eigenvalue weighted by molar-refractivity contribution is 6.03. The highest BCUT2D eigenvalue weighted by atomic mass is 16.2. The van der Waals surface area contributed by atoms with Crippen molar-refractivity contribution in [1.82, 2.24) is 4.98 Å². The first-order valence-electron chi connectivity index (χ1n) is 5.85. The summed E-state index contributed by atoms with van der Waals surface area (Å²) in [6, 6.07) is 8.03. The number of H-pyrrole nitrogens is 1. The van der Waals surface area contributed by atoms with Crippen molar-refractivity contribution in [2.45, 2.75) is 13.8 Å². The Hall–Kier alpha value is -2.56. The molecule has 2 rings (SSSR count). The molecule has 0 fully saturated rings. The minimum atomic E-state index is -0.353. The molecule has 0 saturated carbocycles. The average Bonchev–Trinajstić information content (AvgIpc) is 2.33. The van der Waals surface area contributed by atoms with Crippen molar-refractivity contribution in [2.24, 2.45) is 0 Å². The van der Waals surface area contributed by atoms with Gasteiger partial charge < -0.3 is 16.0 Å². The largest absolute Gasteiger partial charge is 0.399 e. The van der Waals surface area contributed by atoms with E-state index in [1.54, 1.807) is 18.2 Å². The van der Waals surface area contributed by atoms with E-state index in [0.717, 1.165) is 11.1 Å². The van der Waals surface area contributed by atoms with Gasteiger partial charge in [0.15, 0.2) is 0 Å². The highest BCUT2D eigenvalue weighted by Gasteiger charge is 2.10. The predicted octanol–water partition coefficient (Wildman–Crippen LogP) is 1.83. The van der Waals surface area contributed by atoms with E-state index in [0.29, 0.717) is 11.4 Å². The number of pyridine rings is 1. The number of anilines is 2. The molecule has 0 atom stereocenters. The van der Waals surface area contributed by atoms with E-state index in [2.05, 4.69) is 10.3 Å². The van der Waals surface area contributed by atoms with Gasteiger partial charge in [0.25, 0.3) is 5.91 Å². The summed E-state index contributed by atoms with van der Waals surface area (Å²) in [6.07, 6.45) is 0. The molecule has 0 spiro atoms. The van der Waals surface area contributed by atoms with Gasteiger partial charge >= 0.3 is 0 Å². The van der Waals surface area contributed by atoms with Gasteiger partial charge in [-0.15, -0.1) is 0 Å². The fourth-order valence-corrected chi connectivity index (χ4v) is 1.96. The normalized spacial score (nSPS) is 10.2. The Morgan fingerprint density at radius 3 is 2.42 bits per heavy atom. The summed E-state index contributed by atoms with van der Waals surface area (Å²) in [4.78, 5) is 25.7. The summed E-state index contributed by atoms with van der Waals surface area (Å²) < 4.78 is 0. The maximum absolute atomic E-state index is 12.0. The number of nitrogens with two attached hydrogens (primary N) is 1. The number of rotatable bonds is 2. The molecule has 0 radical (unpaired) electrons. The molecule has 0 aliphatic rings. The van der Waals surface area contributed by atoms with Gasteiger partial charge in [0.1, 0.15) is 5.69 Å². The molecule has 0 aliphatic heterocycles. The minimum absolute atomic E-state index is 0.225. The van der Waals surface area contributed by atoms with Crippen LogP contribution in [0.3, 0.4) is 0 Å². The zero-order valence-corrected chi connectivity index (χ0v) is 10.8. The van der Waals surface area contributed by atoms with Crippen LogP contribution in [0.2, 0.25) is 0 Å². The van der Waals surface area contributed by atoms with E-state index in [4.69, 9.17) is 5.73 Å². The Morgan fingerprint density at radius 2 is 1.84 bits per heavy atom. The molecule has 1 amide bonds. The summed E-state index contributed by atoms with van der Waals surface area (Å²) in [5.74, 6) is -0.353. The fourth-order valence-electron chi connectivity index (χ4n) is 1.96. The van der Waals surface area contributed by atoms with E-state index < -0.39 is 0 Å². The van der Waals surface area contributed by atoms with Crippen LogP contribution in [0.5, 0.6) is 0 Å². The van der Waals surface area contributed by atoms with Crippen LogP contribution in [0, 0.1) is 13.8 Å². The number of aryl methyl sites for hydroxylation is 2. The van der Waals surface area contributed by atoms with Gasteiger partial charge in [0, 0.05) is 17.4 Å². The maximum Gasteiger partial charge on any atom is 0.272 e. The number of carbonyl (C=O) groups is 1. The van der Waals surface area contributed by atoms with Gasteiger partial charge in [0.2, 0.25) is 5.56 Å². The third-order valence-electron chi connectivity index (χ3n) is 2.81. The van der Waals surface area contributed by atoms with Crippen molar-refractivity contribution in [2.75, 3.05) is 11.1 Å². The Labute approximate surface area is 110 Å². The third-order valence-corrected chi connectivity index (χ3v) is 2.81. The SMILES string of the molecule is Cc1cc(N)cc(C)c1NC(=O)c1cccc(=O)[nH]1. The summed E-state index contributed by atoms with van der Waals surface area (Å²) in [6.45, 7) is 3.74. The smallest absolute Gasteiger partial charge is 0.272 e. The average molecular weight is 257 g/mol. The van der Waals surface area contributed by atoms with Crippen molar-refractivity contribution in [3.05, 3.63) is 57.5 Å². The number of hydrogen-bond acceptors (Lipinski definition) is 3. The fraction of sp³-hybridized carbons (Fsp3) is 0.143. The van der Waals surface area contributed by atoms with Crippen LogP contribution in [0.4, 0.5) is 11.4 Å². The van der Waals surface area contributed by atoms with Gasteiger partial charge in [-0.05, 0) is 43.2 Å². The van der Waals surface area contributed by atoms with Crippen LogP contribution in [-0.2, 0) is 0 Å². The summed E-state index contributed by atoms with van der Waals surface area (Å²) in [5, 5.41) is 2.78. The predicted molar refractivity (Wildman–Crippen MR) is 75.3 cm³/mol. The zero-order valence-electron chi connectivity index (χ0n) is 10.8. The minimum Gasteiger partial charge on any atom is -0.399 e. The number of carbonyl (C=O) groups excluding carboxylic acids is 1. The van der Waals surface area contributed by atoms with Crippen LogP contribution in [0.1, 0.15) is 21.6 Å². The van der Waals surface area contributed by atoms with Gasteiger partial charge in [-0.25, -0.2) is 0 Å². The van der Waals surface area contributed by atoms with Crippen LogP contribution >= 0.6 is 0 Å². The molecule has 5 nitrogen and oxygen atoms in total. The monoisotopic (exact) mass is 257 g/mol. The first-order valence-corrected chi connectivity index (χ1v) is 5.85. The number of aromatic nitrogens is 1. The second-order valence-corrected chi connectivity index (χ2v) is 4.41. The molecule has 98 valence electrons. The summed E-state index contributed by atoms with van der Waals surface area (Å²) >= 11 is 0. The van der Waals surface area contributed by atoms with E-state index in [9.17, 15) is 9.59 Å². The summed E-state index contributed by atoms with van der Waals surface area (Å²) in [5.41, 5.74) is 8.77. The lowest BCUT2D eigenvalue weighted by atomic mass is 10.1. The van der Waals surface area contributed by atoms with E-state index in [-0.39, 0.29) is 17.2 Å². The van der Waals surface area contributed by atoms with Crippen molar-refractivity contribution in [3.63, 3.8) is 0 Å². The first kappa shape index (κ1) is 12.9. The van der Waals surface area contributed by atoms with E-state index in [1.807, 2.05) is 13.8 Å².